The van der Waals surface area contributed by atoms with Gasteiger partial charge in [-0.15, -0.1) is 0 Å². The van der Waals surface area contributed by atoms with Gasteiger partial charge in [-0.25, -0.2) is 4.98 Å². The predicted molar refractivity (Wildman–Crippen MR) is 97.4 cm³/mol. The first-order chi connectivity index (χ1) is 12.8. The van der Waals surface area contributed by atoms with Crippen molar-refractivity contribution in [3.05, 3.63) is 43.0 Å². The van der Waals surface area contributed by atoms with E-state index in [9.17, 15) is 4.79 Å². The first-order valence-electron chi connectivity index (χ1n) is 9.04. The van der Waals surface area contributed by atoms with E-state index in [2.05, 4.69) is 24.6 Å². The number of fused-ring (bicyclic) bond motifs is 1. The number of carbonyl (C=O) groups is 1. The van der Waals surface area contributed by atoms with E-state index < -0.39 is 0 Å². The van der Waals surface area contributed by atoms with Crippen LogP contribution in [0.1, 0.15) is 6.42 Å². The van der Waals surface area contributed by atoms with Crippen molar-refractivity contribution in [2.24, 2.45) is 0 Å². The van der Waals surface area contributed by atoms with Crippen molar-refractivity contribution in [1.82, 2.24) is 34.3 Å². The van der Waals surface area contributed by atoms with Crippen LogP contribution in [0.15, 0.2) is 43.0 Å². The average molecular weight is 353 g/mol. The average Bonchev–Trinajstić information content (AvgIpc) is 3.24. The Hall–Kier alpha value is -2.74. The highest BCUT2D eigenvalue weighted by molar-refractivity contribution is 5.77. The molecular weight excluding hydrogens is 330 g/mol. The van der Waals surface area contributed by atoms with Gasteiger partial charge in [-0.2, -0.15) is 15.0 Å². The molecule has 0 radical (unpaired) electrons. The van der Waals surface area contributed by atoms with Gasteiger partial charge in [0.2, 0.25) is 5.91 Å². The van der Waals surface area contributed by atoms with Crippen LogP contribution in [-0.2, 0) is 17.9 Å². The molecule has 8 heteroatoms. The van der Waals surface area contributed by atoms with Gasteiger partial charge in [-0.3, -0.25) is 9.69 Å². The Kier molecular flexibility index (Phi) is 4.92. The minimum Gasteiger partial charge on any atom is -0.340 e. The fourth-order valence-corrected chi connectivity index (χ4v) is 3.32. The Morgan fingerprint density at radius 1 is 1.00 bits per heavy atom. The van der Waals surface area contributed by atoms with Crippen molar-refractivity contribution in [2.75, 3.05) is 32.7 Å². The molecule has 0 unspecified atom stereocenters. The van der Waals surface area contributed by atoms with Gasteiger partial charge in [0.1, 0.15) is 17.6 Å². The van der Waals surface area contributed by atoms with Crippen LogP contribution < -0.4 is 0 Å². The number of benzene rings is 1. The van der Waals surface area contributed by atoms with Crippen molar-refractivity contribution in [1.29, 1.82) is 0 Å². The van der Waals surface area contributed by atoms with E-state index in [0.29, 0.717) is 0 Å². The van der Waals surface area contributed by atoms with Crippen molar-refractivity contribution in [2.45, 2.75) is 19.5 Å². The van der Waals surface area contributed by atoms with Crippen LogP contribution in [0, 0.1) is 0 Å². The maximum atomic E-state index is 12.6. The molecule has 8 nitrogen and oxygen atoms in total. The third-order valence-corrected chi connectivity index (χ3v) is 4.78. The molecule has 1 aliphatic rings. The zero-order chi connectivity index (χ0) is 17.8. The summed E-state index contributed by atoms with van der Waals surface area (Å²) in [6, 6.07) is 7.67. The molecule has 26 heavy (non-hydrogen) atoms. The van der Waals surface area contributed by atoms with Crippen LogP contribution in [0.2, 0.25) is 0 Å². The van der Waals surface area contributed by atoms with E-state index in [1.807, 2.05) is 41.7 Å². The molecule has 1 amide bonds. The molecule has 0 aliphatic carbocycles. The van der Waals surface area contributed by atoms with Gasteiger partial charge in [0.25, 0.3) is 0 Å². The monoisotopic (exact) mass is 353 g/mol. The summed E-state index contributed by atoms with van der Waals surface area (Å²) in [7, 11) is 0. The zero-order valence-electron chi connectivity index (χ0n) is 14.7. The van der Waals surface area contributed by atoms with Crippen LogP contribution in [0.25, 0.3) is 11.0 Å². The molecule has 3 heterocycles. The van der Waals surface area contributed by atoms with Gasteiger partial charge >= 0.3 is 0 Å². The minimum atomic E-state index is 0.0850. The highest BCUT2D eigenvalue weighted by Gasteiger charge is 2.20. The van der Waals surface area contributed by atoms with Crippen molar-refractivity contribution in [3.63, 3.8) is 0 Å². The van der Waals surface area contributed by atoms with Crippen LogP contribution >= 0.6 is 0 Å². The second-order valence-corrected chi connectivity index (χ2v) is 6.60. The topological polar surface area (TPSA) is 72.1 Å². The summed E-state index contributed by atoms with van der Waals surface area (Å²) in [5, 5.41) is 8.77. The molecule has 0 N–H and O–H groups in total. The Labute approximate surface area is 152 Å². The molecule has 4 rings (SSSR count). The summed E-state index contributed by atoms with van der Waals surface area (Å²) in [4.78, 5) is 22.6. The lowest BCUT2D eigenvalue weighted by Gasteiger charge is -2.22. The maximum Gasteiger partial charge on any atom is 0.246 e. The molecule has 1 aromatic carbocycles. The summed E-state index contributed by atoms with van der Waals surface area (Å²) in [6.45, 7) is 5.56. The van der Waals surface area contributed by atoms with Crippen LogP contribution in [0.5, 0.6) is 0 Å². The van der Waals surface area contributed by atoms with Crippen molar-refractivity contribution >= 4 is 16.9 Å². The highest BCUT2D eigenvalue weighted by atomic mass is 16.2. The molecule has 0 spiro atoms. The van der Waals surface area contributed by atoms with Crippen LogP contribution in [0.4, 0.5) is 0 Å². The third kappa shape index (κ3) is 3.91. The molecule has 1 saturated heterocycles. The Balaban J connectivity index is 1.30. The zero-order valence-corrected chi connectivity index (χ0v) is 14.7. The van der Waals surface area contributed by atoms with Gasteiger partial charge in [0.05, 0.1) is 6.33 Å². The number of hydrogen-bond acceptors (Lipinski definition) is 5. The number of amides is 1. The number of imidazole rings is 1. The van der Waals surface area contributed by atoms with E-state index >= 15 is 0 Å². The third-order valence-electron chi connectivity index (χ3n) is 4.78. The minimum absolute atomic E-state index is 0.0850. The van der Waals surface area contributed by atoms with E-state index in [1.54, 1.807) is 6.20 Å². The molecule has 136 valence electrons. The lowest BCUT2D eigenvalue weighted by atomic mass is 10.3. The molecule has 0 bridgehead atoms. The molecule has 1 aliphatic heterocycles. The molecule has 1 fully saturated rings. The summed E-state index contributed by atoms with van der Waals surface area (Å²) in [6.07, 6.45) is 6.61. The Bertz CT molecular complexity index is 824. The van der Waals surface area contributed by atoms with E-state index in [1.165, 1.54) is 4.80 Å². The predicted octanol–water partition coefficient (Wildman–Crippen LogP) is 0.862. The first kappa shape index (κ1) is 16.7. The van der Waals surface area contributed by atoms with Crippen molar-refractivity contribution < 1.29 is 4.79 Å². The standard InChI is InChI=1S/C18H23N7O/c26-18(14-25-20-16-4-1-2-5-17(16)21-25)24-8-3-7-22(12-13-24)10-11-23-9-6-19-15-23/h1-2,4-6,9,15H,3,7-8,10-14H2. The SMILES string of the molecule is O=C(Cn1nc2ccccc2n1)N1CCCN(CCn2ccnc2)CC1. The number of carbonyl (C=O) groups excluding carboxylic acids is 1. The lowest BCUT2D eigenvalue weighted by molar-refractivity contribution is -0.132. The molecule has 0 saturated carbocycles. The summed E-state index contributed by atoms with van der Waals surface area (Å²) < 4.78 is 2.09. The van der Waals surface area contributed by atoms with E-state index in [4.69, 9.17) is 0 Å². The smallest absolute Gasteiger partial charge is 0.246 e. The number of rotatable bonds is 5. The fourth-order valence-electron chi connectivity index (χ4n) is 3.32. The Morgan fingerprint density at radius 2 is 1.81 bits per heavy atom. The number of aromatic nitrogens is 5. The summed E-state index contributed by atoms with van der Waals surface area (Å²) in [5.41, 5.74) is 1.64. The van der Waals surface area contributed by atoms with E-state index in [-0.39, 0.29) is 12.5 Å². The second kappa shape index (κ2) is 7.65. The largest absolute Gasteiger partial charge is 0.340 e. The Morgan fingerprint density at radius 3 is 2.54 bits per heavy atom. The lowest BCUT2D eigenvalue weighted by Crippen LogP contribution is -2.38. The normalized spacial score (nSPS) is 16.1. The fraction of sp³-hybridized carbons (Fsp3) is 0.444. The summed E-state index contributed by atoms with van der Waals surface area (Å²) in [5.74, 6) is 0.0850. The number of nitrogens with zero attached hydrogens (tertiary/aromatic N) is 7. The molecular formula is C18H23N7O. The number of hydrogen-bond donors (Lipinski definition) is 0. The second-order valence-electron chi connectivity index (χ2n) is 6.60. The summed E-state index contributed by atoms with van der Waals surface area (Å²) >= 11 is 0. The quantitative estimate of drug-likeness (QED) is 0.680. The highest BCUT2D eigenvalue weighted by Crippen LogP contribution is 2.08. The van der Waals surface area contributed by atoms with Gasteiger partial charge in [-0.05, 0) is 25.1 Å². The maximum absolute atomic E-state index is 12.6. The van der Waals surface area contributed by atoms with Gasteiger partial charge in [0, 0.05) is 45.1 Å². The molecule has 3 aromatic rings. The van der Waals surface area contributed by atoms with Crippen LogP contribution in [-0.4, -0.2) is 73.0 Å². The first-order valence-corrected chi connectivity index (χ1v) is 9.04. The van der Waals surface area contributed by atoms with Crippen molar-refractivity contribution in [3.8, 4) is 0 Å². The van der Waals surface area contributed by atoms with Gasteiger partial charge in [-0.1, -0.05) is 12.1 Å². The molecule has 0 atom stereocenters. The molecule has 2 aromatic heterocycles. The van der Waals surface area contributed by atoms with E-state index in [0.717, 1.165) is 56.7 Å². The van der Waals surface area contributed by atoms with Crippen LogP contribution in [0.3, 0.4) is 0 Å². The van der Waals surface area contributed by atoms with Gasteiger partial charge in [0.15, 0.2) is 0 Å². The van der Waals surface area contributed by atoms with Gasteiger partial charge < -0.3 is 9.47 Å².